The van der Waals surface area contributed by atoms with Crippen LogP contribution in [-0.4, -0.2) is 25.6 Å². The molecule has 4 rings (SSSR count). The summed E-state index contributed by atoms with van der Waals surface area (Å²) < 4.78 is 13.9. The lowest BCUT2D eigenvalue weighted by Crippen LogP contribution is -2.49. The molecule has 2 unspecified atom stereocenters. The Labute approximate surface area is 182 Å². The Morgan fingerprint density at radius 2 is 1.62 bits per heavy atom. The normalized spacial score (nSPS) is 52.3. The fourth-order valence-electron chi connectivity index (χ4n) is 7.79. The summed E-state index contributed by atoms with van der Waals surface area (Å²) >= 11 is 0. The standard InChI is InChI=1S/C26H48O2Si/c1-16-11-12-19-17(2)20(22(16)23(19)27-29(9,10)24(4,5)6)15-21-18(3)25(7)13-14-26(21,8)28-25/h16-23H,11-15H2,1-10H3/t16?,17-,18-,19-,20?,21-,22+,23+,25+,26-/m1/s1. The highest BCUT2D eigenvalue weighted by atomic mass is 28.4. The van der Waals surface area contributed by atoms with E-state index in [1.165, 1.54) is 32.1 Å². The van der Waals surface area contributed by atoms with Crippen molar-refractivity contribution in [2.45, 2.75) is 123 Å². The van der Waals surface area contributed by atoms with Gasteiger partial charge in [-0.15, -0.1) is 0 Å². The molecule has 0 N–H and O–H groups in total. The summed E-state index contributed by atoms with van der Waals surface area (Å²) in [6, 6.07) is 0. The van der Waals surface area contributed by atoms with E-state index in [1.54, 1.807) is 0 Å². The smallest absolute Gasteiger partial charge is 0.192 e. The molecule has 29 heavy (non-hydrogen) atoms. The molecule has 4 aliphatic rings. The van der Waals surface area contributed by atoms with Crippen molar-refractivity contribution in [1.82, 2.24) is 0 Å². The molecule has 0 aromatic rings. The summed E-state index contributed by atoms with van der Waals surface area (Å²) in [5, 5.41) is 0.293. The number of fused-ring (bicyclic) bond motifs is 4. The van der Waals surface area contributed by atoms with E-state index in [0.717, 1.165) is 29.6 Å². The lowest BCUT2D eigenvalue weighted by Gasteiger charge is -2.45. The lowest BCUT2D eigenvalue weighted by molar-refractivity contribution is -0.0455. The summed E-state index contributed by atoms with van der Waals surface area (Å²) in [4.78, 5) is 0. The minimum absolute atomic E-state index is 0.115. The minimum Gasteiger partial charge on any atom is -0.413 e. The molecule has 2 heterocycles. The maximum atomic E-state index is 7.21. The third-order valence-electron chi connectivity index (χ3n) is 11.0. The van der Waals surface area contributed by atoms with Crippen LogP contribution in [0.15, 0.2) is 0 Å². The lowest BCUT2D eigenvalue weighted by atomic mass is 9.63. The monoisotopic (exact) mass is 420 g/mol. The molecule has 0 aromatic heterocycles. The molecule has 3 heteroatoms. The van der Waals surface area contributed by atoms with Crippen LogP contribution in [0.2, 0.25) is 18.1 Å². The van der Waals surface area contributed by atoms with Gasteiger partial charge in [-0.05, 0) is 106 Å². The van der Waals surface area contributed by atoms with Crippen LogP contribution in [0.4, 0.5) is 0 Å². The van der Waals surface area contributed by atoms with E-state index in [2.05, 4.69) is 68.5 Å². The molecule has 0 radical (unpaired) electrons. The van der Waals surface area contributed by atoms with Crippen LogP contribution < -0.4 is 0 Å². The molecular formula is C26H48O2Si. The van der Waals surface area contributed by atoms with Crippen molar-refractivity contribution in [1.29, 1.82) is 0 Å². The van der Waals surface area contributed by atoms with Gasteiger partial charge < -0.3 is 9.16 Å². The SMILES string of the molecule is CC1CC[C@H]2[C@H](O[Si](C)(C)C(C)(C)C)[C@@H]1C(C[C@@H]1[C@@H](C)[C@]3(C)CC[C@@]1(C)O3)[C@@H]2C. The maximum Gasteiger partial charge on any atom is 0.192 e. The number of hydrogen-bond donors (Lipinski definition) is 0. The van der Waals surface area contributed by atoms with Crippen LogP contribution in [0.5, 0.6) is 0 Å². The van der Waals surface area contributed by atoms with Crippen molar-refractivity contribution in [3.8, 4) is 0 Å². The first-order chi connectivity index (χ1) is 13.2. The molecule has 2 nitrogen and oxygen atoms in total. The Morgan fingerprint density at radius 1 is 1.00 bits per heavy atom. The van der Waals surface area contributed by atoms with Crippen molar-refractivity contribution in [2.75, 3.05) is 0 Å². The Morgan fingerprint density at radius 3 is 2.17 bits per heavy atom. The second-order valence-corrected chi connectivity index (χ2v) is 18.3. The molecule has 4 bridgehead atoms. The van der Waals surface area contributed by atoms with Gasteiger partial charge in [-0.3, -0.25) is 0 Å². The van der Waals surface area contributed by atoms with Crippen molar-refractivity contribution in [2.24, 2.45) is 41.4 Å². The van der Waals surface area contributed by atoms with E-state index in [4.69, 9.17) is 9.16 Å². The van der Waals surface area contributed by atoms with Crippen molar-refractivity contribution in [3.05, 3.63) is 0 Å². The molecule has 0 spiro atoms. The van der Waals surface area contributed by atoms with Crippen LogP contribution in [0, 0.1) is 41.4 Å². The Hall–Kier alpha value is 0.137. The maximum absolute atomic E-state index is 7.21. The quantitative estimate of drug-likeness (QED) is 0.445. The molecule has 0 amide bonds. The van der Waals surface area contributed by atoms with Gasteiger partial charge in [-0.2, -0.15) is 0 Å². The second-order valence-electron chi connectivity index (χ2n) is 13.5. The molecule has 0 aromatic carbocycles. The summed E-state index contributed by atoms with van der Waals surface area (Å²) in [5.74, 6) is 5.33. The van der Waals surface area contributed by atoms with Gasteiger partial charge in [0.25, 0.3) is 0 Å². The molecule has 2 saturated heterocycles. The Kier molecular flexibility index (Phi) is 5.25. The highest BCUT2D eigenvalue weighted by Crippen LogP contribution is 2.63. The molecule has 2 saturated carbocycles. The van der Waals surface area contributed by atoms with Crippen molar-refractivity contribution < 1.29 is 9.16 Å². The van der Waals surface area contributed by atoms with E-state index in [0.29, 0.717) is 23.0 Å². The summed E-state index contributed by atoms with van der Waals surface area (Å²) in [6.45, 7) is 24.5. The van der Waals surface area contributed by atoms with Crippen LogP contribution >= 0.6 is 0 Å². The summed E-state index contributed by atoms with van der Waals surface area (Å²) in [6.07, 6.45) is 7.14. The van der Waals surface area contributed by atoms with Gasteiger partial charge in [-0.1, -0.05) is 41.5 Å². The second kappa shape index (κ2) is 6.82. The predicted octanol–water partition coefficient (Wildman–Crippen LogP) is 7.29. The largest absolute Gasteiger partial charge is 0.413 e. The van der Waals surface area contributed by atoms with Crippen molar-refractivity contribution >= 4 is 8.32 Å². The topological polar surface area (TPSA) is 18.5 Å². The minimum atomic E-state index is -1.75. The highest BCUT2D eigenvalue weighted by molar-refractivity contribution is 6.74. The predicted molar refractivity (Wildman–Crippen MR) is 125 cm³/mol. The molecule has 4 fully saturated rings. The first-order valence-corrected chi connectivity index (χ1v) is 15.5. The zero-order valence-electron chi connectivity index (χ0n) is 21.0. The van der Waals surface area contributed by atoms with Gasteiger partial charge in [0.2, 0.25) is 0 Å². The average molecular weight is 421 g/mol. The first-order valence-electron chi connectivity index (χ1n) is 12.6. The third-order valence-corrected chi connectivity index (χ3v) is 15.4. The fraction of sp³-hybridized carbons (Fsp3) is 1.00. The van der Waals surface area contributed by atoms with Gasteiger partial charge in [0.1, 0.15) is 0 Å². The zero-order valence-corrected chi connectivity index (χ0v) is 22.0. The zero-order chi connectivity index (χ0) is 21.6. The third kappa shape index (κ3) is 3.32. The number of ether oxygens (including phenoxy) is 1. The molecule has 2 aliphatic carbocycles. The van der Waals surface area contributed by atoms with E-state index in [1.807, 2.05) is 0 Å². The van der Waals surface area contributed by atoms with E-state index < -0.39 is 8.32 Å². The van der Waals surface area contributed by atoms with Crippen LogP contribution in [0.3, 0.4) is 0 Å². The van der Waals surface area contributed by atoms with Gasteiger partial charge in [-0.25, -0.2) is 0 Å². The molecular weight excluding hydrogens is 372 g/mol. The van der Waals surface area contributed by atoms with Crippen LogP contribution in [-0.2, 0) is 9.16 Å². The Balaban J connectivity index is 1.59. The van der Waals surface area contributed by atoms with Gasteiger partial charge in [0.15, 0.2) is 8.32 Å². The molecule has 2 aliphatic heterocycles. The van der Waals surface area contributed by atoms with Crippen LogP contribution in [0.1, 0.15) is 87.5 Å². The van der Waals surface area contributed by atoms with E-state index >= 15 is 0 Å². The summed E-state index contributed by atoms with van der Waals surface area (Å²) in [7, 11) is -1.75. The van der Waals surface area contributed by atoms with Gasteiger partial charge in [0, 0.05) is 0 Å². The number of hydrogen-bond acceptors (Lipinski definition) is 2. The summed E-state index contributed by atoms with van der Waals surface area (Å²) in [5.41, 5.74) is 0.239. The number of rotatable bonds is 4. The fourth-order valence-corrected chi connectivity index (χ4v) is 9.15. The first kappa shape index (κ1) is 22.3. The van der Waals surface area contributed by atoms with Gasteiger partial charge in [0.05, 0.1) is 17.3 Å². The van der Waals surface area contributed by atoms with Crippen LogP contribution in [0.25, 0.3) is 0 Å². The highest BCUT2D eigenvalue weighted by Gasteiger charge is 2.63. The van der Waals surface area contributed by atoms with Crippen molar-refractivity contribution in [3.63, 3.8) is 0 Å². The van der Waals surface area contributed by atoms with E-state index in [-0.39, 0.29) is 11.2 Å². The van der Waals surface area contributed by atoms with Gasteiger partial charge >= 0.3 is 0 Å². The molecule has 168 valence electrons. The average Bonchev–Trinajstić information content (AvgIpc) is 3.06. The van der Waals surface area contributed by atoms with E-state index in [9.17, 15) is 0 Å². The molecule has 10 atom stereocenters. The Bertz CT molecular complexity index is 639.